The van der Waals surface area contributed by atoms with Crippen molar-refractivity contribution in [3.63, 3.8) is 0 Å². The first-order valence-electron chi connectivity index (χ1n) is 9.72. The van der Waals surface area contributed by atoms with Gasteiger partial charge in [-0.1, -0.05) is 48.5 Å². The topological polar surface area (TPSA) is 117 Å². The second kappa shape index (κ2) is 7.78. The van der Waals surface area contributed by atoms with Gasteiger partial charge in [0.15, 0.2) is 0 Å². The van der Waals surface area contributed by atoms with Gasteiger partial charge in [0.1, 0.15) is 11.2 Å². The number of carbonyl (C=O) groups is 1. The Morgan fingerprint density at radius 3 is 2.44 bits per heavy atom. The van der Waals surface area contributed by atoms with Crippen molar-refractivity contribution in [2.75, 3.05) is 10.0 Å². The fourth-order valence-electron chi connectivity index (χ4n) is 3.36. The standard InChI is InChI=1S/C23H17N5O3S/c29-22(20-13-15-7-4-5-8-16(15)14-24-20)27-23-25-18-11-6-12-19(21(18)26-23)28-32(30,31)17-9-2-1-3-10-17/h1-14,28H,(H2,25,26,27,29). The number of aromatic amines is 1. The molecular weight excluding hydrogens is 426 g/mol. The van der Waals surface area contributed by atoms with Gasteiger partial charge in [-0.25, -0.2) is 13.4 Å². The third kappa shape index (κ3) is 3.77. The molecule has 0 aliphatic heterocycles. The average molecular weight is 443 g/mol. The molecule has 1 amide bonds. The number of amides is 1. The van der Waals surface area contributed by atoms with Crippen LogP contribution in [0.1, 0.15) is 10.5 Å². The Hall–Kier alpha value is -4.24. The van der Waals surface area contributed by atoms with E-state index in [1.807, 2.05) is 24.3 Å². The van der Waals surface area contributed by atoms with Crippen molar-refractivity contribution < 1.29 is 13.2 Å². The molecule has 3 aromatic carbocycles. The second-order valence-electron chi connectivity index (χ2n) is 7.08. The lowest BCUT2D eigenvalue weighted by Gasteiger charge is -2.08. The molecule has 8 nitrogen and oxygen atoms in total. The third-order valence-corrected chi connectivity index (χ3v) is 6.29. The number of H-pyrrole nitrogens is 1. The van der Waals surface area contributed by atoms with Gasteiger partial charge in [-0.15, -0.1) is 0 Å². The Morgan fingerprint density at radius 1 is 0.875 bits per heavy atom. The van der Waals surface area contributed by atoms with Crippen molar-refractivity contribution in [3.8, 4) is 0 Å². The highest BCUT2D eigenvalue weighted by Gasteiger charge is 2.17. The number of imidazole rings is 1. The molecule has 0 atom stereocenters. The van der Waals surface area contributed by atoms with E-state index >= 15 is 0 Å². The molecule has 2 heterocycles. The monoisotopic (exact) mass is 443 g/mol. The van der Waals surface area contributed by atoms with Gasteiger partial charge < -0.3 is 4.98 Å². The first-order chi connectivity index (χ1) is 15.5. The molecule has 3 N–H and O–H groups in total. The minimum absolute atomic E-state index is 0.142. The lowest BCUT2D eigenvalue weighted by atomic mass is 10.1. The van der Waals surface area contributed by atoms with Crippen LogP contribution in [-0.2, 0) is 10.0 Å². The van der Waals surface area contributed by atoms with E-state index in [0.717, 1.165) is 10.8 Å². The van der Waals surface area contributed by atoms with E-state index in [2.05, 4.69) is 25.0 Å². The molecule has 158 valence electrons. The largest absolute Gasteiger partial charge is 0.324 e. The maximum atomic E-state index is 12.7. The number of fused-ring (bicyclic) bond motifs is 2. The highest BCUT2D eigenvalue weighted by atomic mass is 32.2. The van der Waals surface area contributed by atoms with E-state index in [1.165, 1.54) is 12.1 Å². The van der Waals surface area contributed by atoms with Crippen LogP contribution in [-0.4, -0.2) is 29.3 Å². The number of aromatic nitrogens is 3. The van der Waals surface area contributed by atoms with E-state index in [1.54, 1.807) is 48.7 Å². The minimum Gasteiger partial charge on any atom is -0.324 e. The predicted molar refractivity (Wildman–Crippen MR) is 123 cm³/mol. The number of nitrogens with zero attached hydrogens (tertiary/aromatic N) is 2. The summed E-state index contributed by atoms with van der Waals surface area (Å²) >= 11 is 0. The van der Waals surface area contributed by atoms with Gasteiger partial charge in [0.25, 0.3) is 15.9 Å². The average Bonchev–Trinajstić information content (AvgIpc) is 3.22. The van der Waals surface area contributed by atoms with Gasteiger partial charge in [-0.3, -0.25) is 19.8 Å². The number of anilines is 2. The van der Waals surface area contributed by atoms with Gasteiger partial charge in [0.05, 0.1) is 16.1 Å². The maximum absolute atomic E-state index is 12.7. The van der Waals surface area contributed by atoms with Crippen LogP contribution in [0, 0.1) is 0 Å². The van der Waals surface area contributed by atoms with Crippen LogP contribution in [0.25, 0.3) is 21.8 Å². The summed E-state index contributed by atoms with van der Waals surface area (Å²) in [5.41, 5.74) is 1.50. The quantitative estimate of drug-likeness (QED) is 0.377. The van der Waals surface area contributed by atoms with E-state index < -0.39 is 15.9 Å². The highest BCUT2D eigenvalue weighted by molar-refractivity contribution is 7.92. The van der Waals surface area contributed by atoms with Crippen LogP contribution >= 0.6 is 0 Å². The number of benzene rings is 3. The van der Waals surface area contributed by atoms with E-state index in [4.69, 9.17) is 0 Å². The van der Waals surface area contributed by atoms with E-state index in [-0.39, 0.29) is 16.5 Å². The molecule has 32 heavy (non-hydrogen) atoms. The Kier molecular flexibility index (Phi) is 4.79. The van der Waals surface area contributed by atoms with Gasteiger partial charge in [-0.2, -0.15) is 0 Å². The molecule has 2 aromatic heterocycles. The first-order valence-corrected chi connectivity index (χ1v) is 11.2. The van der Waals surface area contributed by atoms with E-state index in [9.17, 15) is 13.2 Å². The molecular formula is C23H17N5O3S. The van der Waals surface area contributed by atoms with Crippen LogP contribution in [0.4, 0.5) is 11.6 Å². The molecule has 9 heteroatoms. The number of rotatable bonds is 5. The molecule has 5 rings (SSSR count). The van der Waals surface area contributed by atoms with Gasteiger partial charge >= 0.3 is 0 Å². The summed E-state index contributed by atoms with van der Waals surface area (Å²) in [6.45, 7) is 0. The molecule has 0 bridgehead atoms. The lowest BCUT2D eigenvalue weighted by Crippen LogP contribution is -2.14. The fourth-order valence-corrected chi connectivity index (χ4v) is 4.44. The molecule has 0 unspecified atom stereocenters. The Labute approximate surface area is 183 Å². The lowest BCUT2D eigenvalue weighted by molar-refractivity contribution is 0.102. The van der Waals surface area contributed by atoms with Gasteiger partial charge in [-0.05, 0) is 35.7 Å². The van der Waals surface area contributed by atoms with Crippen molar-refractivity contribution in [2.24, 2.45) is 0 Å². The summed E-state index contributed by atoms with van der Waals surface area (Å²) in [4.78, 5) is 24.4. The Balaban J connectivity index is 1.43. The van der Waals surface area contributed by atoms with Crippen molar-refractivity contribution in [3.05, 3.63) is 90.8 Å². The SMILES string of the molecule is O=C(Nc1nc2c(NS(=O)(=O)c3ccccc3)cccc2[nH]1)c1cc2ccccc2cn1. The van der Waals surface area contributed by atoms with Crippen LogP contribution in [0.2, 0.25) is 0 Å². The second-order valence-corrected chi connectivity index (χ2v) is 8.76. The van der Waals surface area contributed by atoms with Crippen LogP contribution < -0.4 is 10.0 Å². The third-order valence-electron chi connectivity index (χ3n) is 4.91. The zero-order valence-corrected chi connectivity index (χ0v) is 17.4. The number of nitrogens with one attached hydrogen (secondary N) is 3. The van der Waals surface area contributed by atoms with Crippen molar-refractivity contribution in [2.45, 2.75) is 4.90 Å². The molecule has 0 aliphatic rings. The summed E-state index contributed by atoms with van der Waals surface area (Å²) in [5.74, 6) is -0.243. The molecule has 0 radical (unpaired) electrons. The normalized spacial score (nSPS) is 11.5. The van der Waals surface area contributed by atoms with Crippen molar-refractivity contribution in [1.82, 2.24) is 15.0 Å². The summed E-state index contributed by atoms with van der Waals surface area (Å²) in [5, 5.41) is 4.52. The molecule has 0 aliphatic carbocycles. The van der Waals surface area contributed by atoms with Crippen LogP contribution in [0.15, 0.2) is 90.0 Å². The first kappa shape index (κ1) is 19.7. The summed E-state index contributed by atoms with van der Waals surface area (Å²) in [7, 11) is -3.78. The number of carbonyl (C=O) groups excluding carboxylic acids is 1. The van der Waals surface area contributed by atoms with Crippen LogP contribution in [0.5, 0.6) is 0 Å². The molecule has 0 spiro atoms. The van der Waals surface area contributed by atoms with Crippen molar-refractivity contribution >= 4 is 49.4 Å². The summed E-state index contributed by atoms with van der Waals surface area (Å²) in [6.07, 6.45) is 1.64. The summed E-state index contributed by atoms with van der Waals surface area (Å²) < 4.78 is 28.0. The molecule has 0 fully saturated rings. The number of pyridine rings is 1. The number of hydrogen-bond donors (Lipinski definition) is 3. The van der Waals surface area contributed by atoms with Gasteiger partial charge in [0.2, 0.25) is 5.95 Å². The van der Waals surface area contributed by atoms with Gasteiger partial charge in [0, 0.05) is 11.6 Å². The van der Waals surface area contributed by atoms with Crippen molar-refractivity contribution in [1.29, 1.82) is 0 Å². The molecule has 0 saturated carbocycles. The Bertz CT molecular complexity index is 1560. The zero-order chi connectivity index (χ0) is 22.1. The Morgan fingerprint density at radius 2 is 1.62 bits per heavy atom. The number of sulfonamides is 1. The predicted octanol–water partition coefficient (Wildman–Crippen LogP) is 4.16. The molecule has 0 saturated heterocycles. The summed E-state index contributed by atoms with van der Waals surface area (Å²) in [6, 6.07) is 22.4. The highest BCUT2D eigenvalue weighted by Crippen LogP contribution is 2.25. The number of hydrogen-bond acceptors (Lipinski definition) is 5. The van der Waals surface area contributed by atoms with Crippen LogP contribution in [0.3, 0.4) is 0 Å². The number of para-hydroxylation sites is 1. The molecule has 5 aromatic rings. The van der Waals surface area contributed by atoms with E-state index in [0.29, 0.717) is 16.7 Å². The maximum Gasteiger partial charge on any atom is 0.276 e. The minimum atomic E-state index is -3.78. The fraction of sp³-hybridized carbons (Fsp3) is 0. The zero-order valence-electron chi connectivity index (χ0n) is 16.6. The smallest absolute Gasteiger partial charge is 0.276 e.